The molecule has 1 nitrogen and oxygen atoms in total. The van der Waals surface area contributed by atoms with Crippen molar-refractivity contribution >= 4 is 0 Å². The van der Waals surface area contributed by atoms with Crippen LogP contribution in [0, 0.1) is 11.2 Å². The van der Waals surface area contributed by atoms with Crippen molar-refractivity contribution in [2.24, 2.45) is 5.41 Å². The highest BCUT2D eigenvalue weighted by Gasteiger charge is 2.16. The van der Waals surface area contributed by atoms with Gasteiger partial charge in [0, 0.05) is 6.54 Å². The Morgan fingerprint density at radius 2 is 1.79 bits per heavy atom. The van der Waals surface area contributed by atoms with Crippen molar-refractivity contribution in [1.82, 2.24) is 5.32 Å². The van der Waals surface area contributed by atoms with Gasteiger partial charge in [-0.25, -0.2) is 4.39 Å². The Balaban J connectivity index is 2.64. The van der Waals surface area contributed by atoms with Gasteiger partial charge in [-0.1, -0.05) is 26.0 Å². The van der Waals surface area contributed by atoms with Gasteiger partial charge in [0.25, 0.3) is 0 Å². The molecule has 0 atom stereocenters. The first-order valence-electron chi connectivity index (χ1n) is 4.92. The molecule has 1 rings (SSSR count). The first kappa shape index (κ1) is 11.2. The summed E-state index contributed by atoms with van der Waals surface area (Å²) in [5, 5.41) is 3.17. The second-order valence-corrected chi connectivity index (χ2v) is 4.50. The number of halogens is 1. The minimum absolute atomic E-state index is 0.167. The molecule has 0 heterocycles. The molecule has 1 aromatic carbocycles. The van der Waals surface area contributed by atoms with Crippen LogP contribution in [0.25, 0.3) is 0 Å². The summed E-state index contributed by atoms with van der Waals surface area (Å²) in [6.07, 6.45) is 0.966. The third-order valence-electron chi connectivity index (χ3n) is 2.25. The van der Waals surface area contributed by atoms with E-state index >= 15 is 0 Å². The van der Waals surface area contributed by atoms with Crippen LogP contribution >= 0.6 is 0 Å². The van der Waals surface area contributed by atoms with Crippen LogP contribution in [0.2, 0.25) is 0 Å². The van der Waals surface area contributed by atoms with Gasteiger partial charge in [-0.15, -0.1) is 0 Å². The smallest absolute Gasteiger partial charge is 0.123 e. The average molecular weight is 195 g/mol. The number of nitrogens with one attached hydrogen (secondary N) is 1. The van der Waals surface area contributed by atoms with E-state index in [1.807, 2.05) is 19.2 Å². The van der Waals surface area contributed by atoms with Gasteiger partial charge < -0.3 is 5.32 Å². The minimum Gasteiger partial charge on any atom is -0.319 e. The summed E-state index contributed by atoms with van der Waals surface area (Å²) in [5.74, 6) is -0.167. The lowest BCUT2D eigenvalue weighted by Gasteiger charge is -2.24. The summed E-state index contributed by atoms with van der Waals surface area (Å²) in [4.78, 5) is 0. The molecule has 0 fully saturated rings. The van der Waals surface area contributed by atoms with Crippen molar-refractivity contribution in [3.05, 3.63) is 35.6 Å². The average Bonchev–Trinajstić information content (AvgIpc) is 2.08. The maximum atomic E-state index is 12.7. The number of rotatable bonds is 4. The zero-order valence-electron chi connectivity index (χ0n) is 9.10. The molecule has 0 aliphatic heterocycles. The van der Waals surface area contributed by atoms with Gasteiger partial charge in [-0.3, -0.25) is 0 Å². The lowest BCUT2D eigenvalue weighted by atomic mass is 9.86. The quantitative estimate of drug-likeness (QED) is 0.778. The summed E-state index contributed by atoms with van der Waals surface area (Å²) in [6.45, 7) is 5.37. The standard InChI is InChI=1S/C12H18FN/c1-12(2,9-14-3)8-10-4-6-11(13)7-5-10/h4-7,14H,8-9H2,1-3H3. The van der Waals surface area contributed by atoms with E-state index < -0.39 is 0 Å². The summed E-state index contributed by atoms with van der Waals surface area (Å²) in [5.41, 5.74) is 1.40. The van der Waals surface area contributed by atoms with Crippen LogP contribution in [0.15, 0.2) is 24.3 Å². The molecule has 0 aliphatic carbocycles. The van der Waals surface area contributed by atoms with Crippen LogP contribution in [0.3, 0.4) is 0 Å². The second kappa shape index (κ2) is 4.56. The normalized spacial score (nSPS) is 11.7. The molecule has 0 aliphatic rings. The maximum Gasteiger partial charge on any atom is 0.123 e. The molecule has 78 valence electrons. The predicted octanol–water partition coefficient (Wildman–Crippen LogP) is 2.61. The Bertz CT molecular complexity index is 277. The molecule has 0 saturated carbocycles. The van der Waals surface area contributed by atoms with Crippen LogP contribution in [0.1, 0.15) is 19.4 Å². The summed E-state index contributed by atoms with van der Waals surface area (Å²) in [7, 11) is 1.95. The molecule has 0 aromatic heterocycles. The fourth-order valence-corrected chi connectivity index (χ4v) is 1.70. The van der Waals surface area contributed by atoms with Crippen LogP contribution in [0.5, 0.6) is 0 Å². The van der Waals surface area contributed by atoms with E-state index in [0.29, 0.717) is 0 Å². The number of hydrogen-bond acceptors (Lipinski definition) is 1. The molecular formula is C12H18FN. The van der Waals surface area contributed by atoms with Gasteiger partial charge in [0.05, 0.1) is 0 Å². The molecule has 2 heteroatoms. The van der Waals surface area contributed by atoms with Gasteiger partial charge in [0.2, 0.25) is 0 Å². The largest absolute Gasteiger partial charge is 0.319 e. The van der Waals surface area contributed by atoms with Crippen molar-refractivity contribution in [3.63, 3.8) is 0 Å². The van der Waals surface area contributed by atoms with Crippen molar-refractivity contribution in [2.75, 3.05) is 13.6 Å². The number of benzene rings is 1. The van der Waals surface area contributed by atoms with Crippen molar-refractivity contribution in [2.45, 2.75) is 20.3 Å². The highest BCUT2D eigenvalue weighted by molar-refractivity contribution is 5.17. The van der Waals surface area contributed by atoms with Crippen LogP contribution < -0.4 is 5.32 Å². The fraction of sp³-hybridized carbons (Fsp3) is 0.500. The van der Waals surface area contributed by atoms with Gasteiger partial charge in [0.15, 0.2) is 0 Å². The first-order chi connectivity index (χ1) is 6.53. The van der Waals surface area contributed by atoms with Crippen molar-refractivity contribution < 1.29 is 4.39 Å². The molecule has 0 unspecified atom stereocenters. The molecule has 14 heavy (non-hydrogen) atoms. The van der Waals surface area contributed by atoms with E-state index in [0.717, 1.165) is 13.0 Å². The topological polar surface area (TPSA) is 12.0 Å². The monoisotopic (exact) mass is 195 g/mol. The molecule has 0 radical (unpaired) electrons. The highest BCUT2D eigenvalue weighted by atomic mass is 19.1. The third kappa shape index (κ3) is 3.46. The Labute approximate surface area is 85.3 Å². The van der Waals surface area contributed by atoms with E-state index in [1.165, 1.54) is 17.7 Å². The minimum atomic E-state index is -0.167. The fourth-order valence-electron chi connectivity index (χ4n) is 1.70. The Kier molecular flexibility index (Phi) is 3.64. The second-order valence-electron chi connectivity index (χ2n) is 4.50. The zero-order chi connectivity index (χ0) is 10.6. The van der Waals surface area contributed by atoms with Crippen molar-refractivity contribution in [3.8, 4) is 0 Å². The molecule has 0 spiro atoms. The lowest BCUT2D eigenvalue weighted by molar-refractivity contribution is 0.350. The Hall–Kier alpha value is -0.890. The SMILES string of the molecule is CNCC(C)(C)Cc1ccc(F)cc1. The van der Waals surface area contributed by atoms with E-state index in [1.54, 1.807) is 0 Å². The molecule has 0 saturated heterocycles. The van der Waals surface area contributed by atoms with E-state index in [4.69, 9.17) is 0 Å². The lowest BCUT2D eigenvalue weighted by Crippen LogP contribution is -2.28. The molecule has 0 amide bonds. The van der Waals surface area contributed by atoms with E-state index in [-0.39, 0.29) is 11.2 Å². The van der Waals surface area contributed by atoms with Gasteiger partial charge >= 0.3 is 0 Å². The van der Waals surface area contributed by atoms with Crippen LogP contribution in [-0.4, -0.2) is 13.6 Å². The first-order valence-corrected chi connectivity index (χ1v) is 4.92. The zero-order valence-corrected chi connectivity index (χ0v) is 9.10. The van der Waals surface area contributed by atoms with E-state index in [9.17, 15) is 4.39 Å². The highest BCUT2D eigenvalue weighted by Crippen LogP contribution is 2.20. The molecule has 1 N–H and O–H groups in total. The Morgan fingerprint density at radius 3 is 2.29 bits per heavy atom. The maximum absolute atomic E-state index is 12.7. The number of hydrogen-bond donors (Lipinski definition) is 1. The summed E-state index contributed by atoms with van der Waals surface area (Å²) < 4.78 is 12.7. The molecule has 1 aromatic rings. The van der Waals surface area contributed by atoms with Gasteiger partial charge in [-0.2, -0.15) is 0 Å². The third-order valence-corrected chi connectivity index (χ3v) is 2.25. The van der Waals surface area contributed by atoms with E-state index in [2.05, 4.69) is 19.2 Å². The van der Waals surface area contributed by atoms with Gasteiger partial charge in [-0.05, 0) is 36.6 Å². The van der Waals surface area contributed by atoms with Crippen molar-refractivity contribution in [1.29, 1.82) is 0 Å². The van der Waals surface area contributed by atoms with Gasteiger partial charge in [0.1, 0.15) is 5.82 Å². The molecular weight excluding hydrogens is 177 g/mol. The summed E-state index contributed by atoms with van der Waals surface area (Å²) >= 11 is 0. The Morgan fingerprint density at radius 1 is 1.21 bits per heavy atom. The van der Waals surface area contributed by atoms with Crippen LogP contribution in [0.4, 0.5) is 4.39 Å². The predicted molar refractivity (Wildman–Crippen MR) is 57.8 cm³/mol. The summed E-state index contributed by atoms with van der Waals surface area (Å²) in [6, 6.07) is 6.75. The molecule has 0 bridgehead atoms. The van der Waals surface area contributed by atoms with Crippen LogP contribution in [-0.2, 0) is 6.42 Å².